The summed E-state index contributed by atoms with van der Waals surface area (Å²) >= 11 is 0. The molecule has 0 aliphatic rings. The quantitative estimate of drug-likeness (QED) is 0.703. The Morgan fingerprint density at radius 3 is 2.53 bits per heavy atom. The van der Waals surface area contributed by atoms with Gasteiger partial charge in [0.1, 0.15) is 5.82 Å². The van der Waals surface area contributed by atoms with Gasteiger partial charge in [-0.3, -0.25) is 0 Å². The molecular weight excluding hydrogens is 236 g/mol. The summed E-state index contributed by atoms with van der Waals surface area (Å²) in [5.41, 5.74) is 8.07. The number of nitrogen functional groups attached to an aromatic ring is 1. The van der Waals surface area contributed by atoms with Crippen LogP contribution in [0.3, 0.4) is 0 Å². The second kappa shape index (κ2) is 6.83. The zero-order valence-corrected chi connectivity index (χ0v) is 13.2. The van der Waals surface area contributed by atoms with Crippen LogP contribution in [0.15, 0.2) is 0 Å². The molecule has 0 radical (unpaired) electrons. The van der Waals surface area contributed by atoms with Crippen molar-refractivity contribution in [1.29, 1.82) is 0 Å². The number of aromatic nitrogens is 2. The van der Waals surface area contributed by atoms with Crippen molar-refractivity contribution in [1.82, 2.24) is 9.78 Å². The number of nitrogens with zero attached hydrogens (tertiary/aromatic N) is 2. The maximum Gasteiger partial charge on any atom is 0.148 e. The molecule has 0 bridgehead atoms. The molecule has 3 N–H and O–H groups in total. The number of hydrogen-bond acceptors (Lipinski definition) is 3. The fourth-order valence-corrected chi connectivity index (χ4v) is 2.28. The van der Waals surface area contributed by atoms with E-state index in [9.17, 15) is 0 Å². The van der Waals surface area contributed by atoms with Crippen molar-refractivity contribution < 1.29 is 0 Å². The molecule has 1 heterocycles. The number of aryl methyl sites for hydroxylation is 2. The molecule has 0 saturated carbocycles. The fourth-order valence-electron chi connectivity index (χ4n) is 2.28. The Kier molecular flexibility index (Phi) is 5.70. The van der Waals surface area contributed by atoms with Crippen LogP contribution in [0.2, 0.25) is 0 Å². The van der Waals surface area contributed by atoms with Crippen molar-refractivity contribution >= 4 is 11.5 Å². The van der Waals surface area contributed by atoms with E-state index in [1.54, 1.807) is 0 Å². The van der Waals surface area contributed by atoms with Crippen LogP contribution in [0.4, 0.5) is 11.5 Å². The molecule has 0 aliphatic carbocycles. The zero-order valence-electron chi connectivity index (χ0n) is 13.2. The van der Waals surface area contributed by atoms with Crippen LogP contribution in [-0.4, -0.2) is 16.3 Å². The SMILES string of the molecule is CCCCCC(C)(C)CNc1c(N)c(C)nn1CC. The Morgan fingerprint density at radius 1 is 1.26 bits per heavy atom. The average Bonchev–Trinajstić information content (AvgIpc) is 2.63. The highest BCUT2D eigenvalue weighted by Crippen LogP contribution is 2.27. The lowest BCUT2D eigenvalue weighted by Crippen LogP contribution is -2.24. The molecule has 19 heavy (non-hydrogen) atoms. The lowest BCUT2D eigenvalue weighted by molar-refractivity contribution is 0.341. The van der Waals surface area contributed by atoms with Crippen LogP contribution in [0.1, 0.15) is 59.1 Å². The van der Waals surface area contributed by atoms with Gasteiger partial charge in [0, 0.05) is 13.1 Å². The first-order chi connectivity index (χ1) is 8.91. The summed E-state index contributed by atoms with van der Waals surface area (Å²) in [5.74, 6) is 0.976. The molecule has 4 heteroatoms. The van der Waals surface area contributed by atoms with Crippen molar-refractivity contribution in [2.24, 2.45) is 5.41 Å². The van der Waals surface area contributed by atoms with Crippen LogP contribution >= 0.6 is 0 Å². The number of hydrogen-bond donors (Lipinski definition) is 2. The van der Waals surface area contributed by atoms with Gasteiger partial charge in [-0.15, -0.1) is 0 Å². The number of unbranched alkanes of at least 4 members (excludes halogenated alkanes) is 2. The summed E-state index contributed by atoms with van der Waals surface area (Å²) in [4.78, 5) is 0. The summed E-state index contributed by atoms with van der Waals surface area (Å²) in [5, 5.41) is 7.93. The predicted octanol–water partition coefficient (Wildman–Crippen LogP) is 3.81. The molecule has 0 fully saturated rings. The molecule has 1 aromatic heterocycles. The monoisotopic (exact) mass is 266 g/mol. The first kappa shape index (κ1) is 15.9. The smallest absolute Gasteiger partial charge is 0.148 e. The highest BCUT2D eigenvalue weighted by Gasteiger charge is 2.19. The lowest BCUT2D eigenvalue weighted by Gasteiger charge is -2.25. The van der Waals surface area contributed by atoms with Crippen LogP contribution < -0.4 is 11.1 Å². The molecule has 1 aromatic rings. The van der Waals surface area contributed by atoms with Crippen LogP contribution in [0.5, 0.6) is 0 Å². The molecule has 0 atom stereocenters. The van der Waals surface area contributed by atoms with E-state index in [0.29, 0.717) is 5.41 Å². The minimum absolute atomic E-state index is 0.290. The Hall–Kier alpha value is -1.19. The largest absolute Gasteiger partial charge is 0.394 e. The van der Waals surface area contributed by atoms with Gasteiger partial charge >= 0.3 is 0 Å². The molecule has 4 nitrogen and oxygen atoms in total. The van der Waals surface area contributed by atoms with Gasteiger partial charge in [-0.1, -0.05) is 40.0 Å². The second-order valence-electron chi connectivity index (χ2n) is 6.14. The van der Waals surface area contributed by atoms with Gasteiger partial charge in [0.2, 0.25) is 0 Å². The predicted molar refractivity (Wildman–Crippen MR) is 83.5 cm³/mol. The Morgan fingerprint density at radius 2 is 1.95 bits per heavy atom. The van der Waals surface area contributed by atoms with Gasteiger partial charge in [0.15, 0.2) is 0 Å². The maximum absolute atomic E-state index is 6.08. The molecule has 0 aliphatic heterocycles. The normalized spacial score (nSPS) is 11.8. The molecule has 1 rings (SSSR count). The van der Waals surface area contributed by atoms with Gasteiger partial charge in [-0.05, 0) is 25.7 Å². The zero-order chi connectivity index (χ0) is 14.5. The van der Waals surface area contributed by atoms with E-state index in [0.717, 1.165) is 30.3 Å². The maximum atomic E-state index is 6.08. The Labute approximate surface area is 117 Å². The highest BCUT2D eigenvalue weighted by molar-refractivity contribution is 5.64. The van der Waals surface area contributed by atoms with Crippen molar-refractivity contribution in [3.8, 4) is 0 Å². The van der Waals surface area contributed by atoms with E-state index >= 15 is 0 Å². The second-order valence-corrected chi connectivity index (χ2v) is 6.14. The Balaban J connectivity index is 2.60. The van der Waals surface area contributed by atoms with Gasteiger partial charge in [0.05, 0.1) is 11.4 Å². The number of anilines is 2. The summed E-state index contributed by atoms with van der Waals surface area (Å²) in [7, 11) is 0. The summed E-state index contributed by atoms with van der Waals surface area (Å²) in [6.45, 7) is 12.7. The van der Waals surface area contributed by atoms with Crippen molar-refractivity contribution in [2.45, 2.75) is 66.8 Å². The van der Waals surface area contributed by atoms with Gasteiger partial charge in [-0.2, -0.15) is 5.10 Å². The first-order valence-electron chi connectivity index (χ1n) is 7.48. The third kappa shape index (κ3) is 4.44. The summed E-state index contributed by atoms with van der Waals surface area (Å²) < 4.78 is 1.95. The average molecular weight is 266 g/mol. The van der Waals surface area contributed by atoms with E-state index in [-0.39, 0.29) is 0 Å². The first-order valence-corrected chi connectivity index (χ1v) is 7.48. The van der Waals surface area contributed by atoms with Crippen molar-refractivity contribution in [3.05, 3.63) is 5.69 Å². The van der Waals surface area contributed by atoms with Crippen LogP contribution in [-0.2, 0) is 6.54 Å². The van der Waals surface area contributed by atoms with E-state index in [1.807, 2.05) is 11.6 Å². The molecule has 0 saturated heterocycles. The van der Waals surface area contributed by atoms with Gasteiger partial charge in [-0.25, -0.2) is 4.68 Å². The van der Waals surface area contributed by atoms with Crippen molar-refractivity contribution in [2.75, 3.05) is 17.6 Å². The van der Waals surface area contributed by atoms with E-state index in [4.69, 9.17) is 5.73 Å². The lowest BCUT2D eigenvalue weighted by atomic mass is 9.87. The minimum atomic E-state index is 0.290. The number of nitrogens with one attached hydrogen (secondary N) is 1. The Bertz CT molecular complexity index is 393. The number of nitrogens with two attached hydrogens (primary N) is 1. The third-order valence-corrected chi connectivity index (χ3v) is 3.66. The van der Waals surface area contributed by atoms with Crippen molar-refractivity contribution in [3.63, 3.8) is 0 Å². The highest BCUT2D eigenvalue weighted by atomic mass is 15.3. The summed E-state index contributed by atoms with van der Waals surface area (Å²) in [6.07, 6.45) is 5.13. The fraction of sp³-hybridized carbons (Fsp3) is 0.800. The molecule has 0 aromatic carbocycles. The van der Waals surface area contributed by atoms with Gasteiger partial charge in [0.25, 0.3) is 0 Å². The molecule has 0 unspecified atom stereocenters. The van der Waals surface area contributed by atoms with E-state index < -0.39 is 0 Å². The third-order valence-electron chi connectivity index (χ3n) is 3.66. The minimum Gasteiger partial charge on any atom is -0.394 e. The van der Waals surface area contributed by atoms with Crippen LogP contribution in [0.25, 0.3) is 0 Å². The van der Waals surface area contributed by atoms with Crippen LogP contribution in [0, 0.1) is 12.3 Å². The summed E-state index contributed by atoms with van der Waals surface area (Å²) in [6, 6.07) is 0. The molecule has 110 valence electrons. The molecule has 0 spiro atoms. The van der Waals surface area contributed by atoms with E-state index in [2.05, 4.69) is 38.1 Å². The van der Waals surface area contributed by atoms with E-state index in [1.165, 1.54) is 25.7 Å². The molecular formula is C15H30N4. The standard InChI is InChI=1S/C15H30N4/c1-6-8-9-10-15(4,5)11-17-14-13(16)12(3)18-19(14)7-2/h17H,6-11,16H2,1-5H3. The topological polar surface area (TPSA) is 55.9 Å². The van der Waals surface area contributed by atoms with Gasteiger partial charge < -0.3 is 11.1 Å². The molecule has 0 amide bonds. The number of rotatable bonds is 8.